The Kier molecular flexibility index (Phi) is 2.83. The Morgan fingerprint density at radius 1 is 1.56 bits per heavy atom. The molecule has 98 valence electrons. The molecule has 0 bridgehead atoms. The maximum absolute atomic E-state index is 10.8. The molecule has 3 rings (SSSR count). The number of carbonyl (C=O) groups is 1. The third-order valence-corrected chi connectivity index (χ3v) is 3.88. The predicted octanol–water partition coefficient (Wildman–Crippen LogP) is 0.119. The van der Waals surface area contributed by atoms with Gasteiger partial charge in [0.1, 0.15) is 6.54 Å². The number of aromatic nitrogens is 2. The molecule has 0 unspecified atom stereocenters. The van der Waals surface area contributed by atoms with Crippen LogP contribution in [0, 0.1) is 0 Å². The third-order valence-electron chi connectivity index (χ3n) is 3.88. The molecule has 0 radical (unpaired) electrons. The molecule has 1 aromatic heterocycles. The summed E-state index contributed by atoms with van der Waals surface area (Å²) in [5, 5.41) is 12.5. The SMILES string of the molecule is O=C(O)Cn1cnc2c1CCNC21CCOCC1. The van der Waals surface area contributed by atoms with E-state index < -0.39 is 5.97 Å². The monoisotopic (exact) mass is 251 g/mol. The number of carboxylic acids is 1. The molecule has 0 amide bonds. The van der Waals surface area contributed by atoms with Crippen LogP contribution in [0.1, 0.15) is 24.2 Å². The van der Waals surface area contributed by atoms with E-state index in [9.17, 15) is 4.79 Å². The average Bonchev–Trinajstić information content (AvgIpc) is 2.75. The molecule has 1 fully saturated rings. The van der Waals surface area contributed by atoms with Gasteiger partial charge in [-0.25, -0.2) is 4.98 Å². The first kappa shape index (κ1) is 11.7. The molecule has 0 aromatic carbocycles. The van der Waals surface area contributed by atoms with Crippen LogP contribution in [-0.2, 0) is 28.0 Å². The predicted molar refractivity (Wildman–Crippen MR) is 63.3 cm³/mol. The number of aliphatic carboxylic acids is 1. The van der Waals surface area contributed by atoms with Gasteiger partial charge in [0, 0.05) is 31.9 Å². The Bertz CT molecular complexity index is 463. The lowest BCUT2D eigenvalue weighted by Gasteiger charge is -2.40. The van der Waals surface area contributed by atoms with Crippen LogP contribution in [0.4, 0.5) is 0 Å². The van der Waals surface area contributed by atoms with Gasteiger partial charge in [0.2, 0.25) is 0 Å². The molecule has 0 atom stereocenters. The lowest BCUT2D eigenvalue weighted by atomic mass is 9.82. The van der Waals surface area contributed by atoms with E-state index in [1.165, 1.54) is 0 Å². The van der Waals surface area contributed by atoms with E-state index in [1.807, 2.05) is 0 Å². The molecule has 6 nitrogen and oxygen atoms in total. The second-order valence-electron chi connectivity index (χ2n) is 4.93. The number of fused-ring (bicyclic) bond motifs is 2. The van der Waals surface area contributed by atoms with Gasteiger partial charge in [0.05, 0.1) is 17.6 Å². The van der Waals surface area contributed by atoms with Gasteiger partial charge in [-0.1, -0.05) is 0 Å². The number of imidazole rings is 1. The number of ether oxygens (including phenoxy) is 1. The van der Waals surface area contributed by atoms with Crippen molar-refractivity contribution in [3.05, 3.63) is 17.7 Å². The van der Waals surface area contributed by atoms with Crippen molar-refractivity contribution >= 4 is 5.97 Å². The molecule has 0 saturated carbocycles. The summed E-state index contributed by atoms with van der Waals surface area (Å²) in [6, 6.07) is 0. The van der Waals surface area contributed by atoms with Crippen LogP contribution in [0.3, 0.4) is 0 Å². The average molecular weight is 251 g/mol. The summed E-state index contributed by atoms with van der Waals surface area (Å²) in [6.07, 6.45) is 4.31. The summed E-state index contributed by atoms with van der Waals surface area (Å²) in [7, 11) is 0. The molecule has 2 N–H and O–H groups in total. The van der Waals surface area contributed by atoms with Crippen molar-refractivity contribution in [2.75, 3.05) is 19.8 Å². The van der Waals surface area contributed by atoms with Gasteiger partial charge >= 0.3 is 5.97 Å². The molecular weight excluding hydrogens is 234 g/mol. The fourth-order valence-electron chi connectivity index (χ4n) is 2.99. The summed E-state index contributed by atoms with van der Waals surface area (Å²) >= 11 is 0. The molecule has 0 aliphatic carbocycles. The number of rotatable bonds is 2. The molecule has 3 heterocycles. The number of hydrogen-bond acceptors (Lipinski definition) is 4. The molecule has 6 heteroatoms. The van der Waals surface area contributed by atoms with Crippen LogP contribution in [0.5, 0.6) is 0 Å². The highest BCUT2D eigenvalue weighted by molar-refractivity contribution is 5.66. The molecule has 1 aromatic rings. The van der Waals surface area contributed by atoms with Crippen LogP contribution in [-0.4, -0.2) is 40.4 Å². The first-order valence-corrected chi connectivity index (χ1v) is 6.30. The Morgan fingerprint density at radius 2 is 2.33 bits per heavy atom. The highest BCUT2D eigenvalue weighted by Gasteiger charge is 2.40. The van der Waals surface area contributed by atoms with Gasteiger partial charge in [0.25, 0.3) is 0 Å². The highest BCUT2D eigenvalue weighted by Crippen LogP contribution is 2.35. The molecule has 18 heavy (non-hydrogen) atoms. The normalized spacial score (nSPS) is 21.8. The van der Waals surface area contributed by atoms with E-state index in [1.54, 1.807) is 10.9 Å². The molecule has 1 spiro atoms. The topological polar surface area (TPSA) is 76.4 Å². The summed E-state index contributed by atoms with van der Waals surface area (Å²) in [6.45, 7) is 2.34. The van der Waals surface area contributed by atoms with Crippen LogP contribution in [0.2, 0.25) is 0 Å². The second-order valence-corrected chi connectivity index (χ2v) is 4.93. The second kappa shape index (κ2) is 4.37. The minimum Gasteiger partial charge on any atom is -0.480 e. The first-order valence-electron chi connectivity index (χ1n) is 6.30. The summed E-state index contributed by atoms with van der Waals surface area (Å²) < 4.78 is 7.17. The van der Waals surface area contributed by atoms with E-state index in [0.717, 1.165) is 50.4 Å². The fraction of sp³-hybridized carbons (Fsp3) is 0.667. The Morgan fingerprint density at radius 3 is 3.06 bits per heavy atom. The zero-order chi connectivity index (χ0) is 12.6. The zero-order valence-corrected chi connectivity index (χ0v) is 10.2. The number of carboxylic acid groups (broad SMARTS) is 1. The van der Waals surface area contributed by atoms with Gasteiger partial charge in [-0.2, -0.15) is 0 Å². The van der Waals surface area contributed by atoms with Crippen molar-refractivity contribution in [3.8, 4) is 0 Å². The number of nitrogens with zero attached hydrogens (tertiary/aromatic N) is 2. The quantitative estimate of drug-likeness (QED) is 0.780. The Hall–Kier alpha value is -1.40. The van der Waals surface area contributed by atoms with Crippen molar-refractivity contribution in [1.82, 2.24) is 14.9 Å². The molecule has 2 aliphatic heterocycles. The van der Waals surface area contributed by atoms with Crippen molar-refractivity contribution in [2.24, 2.45) is 0 Å². The van der Waals surface area contributed by atoms with Crippen molar-refractivity contribution < 1.29 is 14.6 Å². The van der Waals surface area contributed by atoms with Crippen molar-refractivity contribution in [3.63, 3.8) is 0 Å². The minimum atomic E-state index is -0.824. The van der Waals surface area contributed by atoms with E-state index in [-0.39, 0.29) is 12.1 Å². The summed E-state index contributed by atoms with van der Waals surface area (Å²) in [5.74, 6) is -0.824. The summed E-state index contributed by atoms with van der Waals surface area (Å²) in [5.41, 5.74) is 1.99. The van der Waals surface area contributed by atoms with Crippen LogP contribution in [0.25, 0.3) is 0 Å². The van der Waals surface area contributed by atoms with Gasteiger partial charge in [-0.05, 0) is 12.8 Å². The Labute approximate surface area is 105 Å². The third kappa shape index (κ3) is 1.81. The van der Waals surface area contributed by atoms with Crippen LogP contribution < -0.4 is 5.32 Å². The zero-order valence-electron chi connectivity index (χ0n) is 10.2. The molecule has 1 saturated heterocycles. The van der Waals surface area contributed by atoms with Crippen LogP contribution >= 0.6 is 0 Å². The largest absolute Gasteiger partial charge is 0.480 e. The van der Waals surface area contributed by atoms with E-state index in [2.05, 4.69) is 10.3 Å². The van der Waals surface area contributed by atoms with E-state index in [4.69, 9.17) is 9.84 Å². The molecular formula is C12H17N3O3. The maximum Gasteiger partial charge on any atom is 0.323 e. The first-order chi connectivity index (χ1) is 8.71. The standard InChI is InChI=1S/C12H17N3O3/c16-10(17)7-15-8-13-11-9(15)1-4-14-12(11)2-5-18-6-3-12/h8,14H,1-7H2,(H,16,17). The number of nitrogens with one attached hydrogen (secondary N) is 1. The van der Waals surface area contributed by atoms with Gasteiger partial charge in [-0.3, -0.25) is 4.79 Å². The van der Waals surface area contributed by atoms with Crippen molar-refractivity contribution in [1.29, 1.82) is 0 Å². The Balaban J connectivity index is 1.96. The van der Waals surface area contributed by atoms with Crippen LogP contribution in [0.15, 0.2) is 6.33 Å². The van der Waals surface area contributed by atoms with E-state index >= 15 is 0 Å². The number of hydrogen-bond donors (Lipinski definition) is 2. The lowest BCUT2D eigenvalue weighted by Crippen LogP contribution is -2.51. The lowest BCUT2D eigenvalue weighted by molar-refractivity contribution is -0.137. The summed E-state index contributed by atoms with van der Waals surface area (Å²) in [4.78, 5) is 15.3. The minimum absolute atomic E-state index is 0.00505. The van der Waals surface area contributed by atoms with Gasteiger partial charge < -0.3 is 19.7 Å². The maximum atomic E-state index is 10.8. The van der Waals surface area contributed by atoms with Crippen molar-refractivity contribution in [2.45, 2.75) is 31.3 Å². The van der Waals surface area contributed by atoms with Gasteiger partial charge in [0.15, 0.2) is 0 Å². The van der Waals surface area contributed by atoms with Gasteiger partial charge in [-0.15, -0.1) is 0 Å². The highest BCUT2D eigenvalue weighted by atomic mass is 16.5. The fourth-order valence-corrected chi connectivity index (χ4v) is 2.99. The van der Waals surface area contributed by atoms with E-state index in [0.29, 0.717) is 0 Å². The molecule has 2 aliphatic rings. The smallest absolute Gasteiger partial charge is 0.323 e.